The molecule has 0 aromatic rings. The van der Waals surface area contributed by atoms with E-state index >= 15 is 0 Å². The van der Waals surface area contributed by atoms with Gasteiger partial charge in [-0.1, -0.05) is 34.1 Å². The molecule has 0 saturated heterocycles. The molecular formula is C13H23O. The van der Waals surface area contributed by atoms with E-state index in [9.17, 15) is 0 Å². The minimum absolute atomic E-state index is 0.225. The third-order valence-electron chi connectivity index (χ3n) is 4.55. The molecule has 81 valence electrons. The van der Waals surface area contributed by atoms with Crippen molar-refractivity contribution in [1.29, 1.82) is 0 Å². The van der Waals surface area contributed by atoms with Crippen LogP contribution >= 0.6 is 0 Å². The van der Waals surface area contributed by atoms with E-state index in [1.165, 1.54) is 19.3 Å². The molecule has 1 radical (unpaired) electrons. The predicted octanol–water partition coefficient (Wildman–Crippen LogP) is 3.44. The van der Waals surface area contributed by atoms with Crippen molar-refractivity contribution in [2.24, 2.45) is 17.3 Å². The van der Waals surface area contributed by atoms with Gasteiger partial charge in [0.05, 0.1) is 5.60 Å². The Morgan fingerprint density at radius 1 is 1.36 bits per heavy atom. The van der Waals surface area contributed by atoms with E-state index in [4.69, 9.17) is 4.74 Å². The van der Waals surface area contributed by atoms with Crippen molar-refractivity contribution in [3.05, 3.63) is 6.92 Å². The summed E-state index contributed by atoms with van der Waals surface area (Å²) >= 11 is 0. The topological polar surface area (TPSA) is 9.23 Å². The van der Waals surface area contributed by atoms with Gasteiger partial charge in [0.15, 0.2) is 0 Å². The van der Waals surface area contributed by atoms with Crippen LogP contribution in [0.2, 0.25) is 0 Å². The fraction of sp³-hybridized carbons (Fsp3) is 0.923. The smallest absolute Gasteiger partial charge is 0.0773 e. The quantitative estimate of drug-likeness (QED) is 0.670. The predicted molar refractivity (Wildman–Crippen MR) is 58.9 cm³/mol. The van der Waals surface area contributed by atoms with Gasteiger partial charge in [-0.05, 0) is 36.5 Å². The molecule has 3 unspecified atom stereocenters. The Hall–Kier alpha value is -0.0400. The van der Waals surface area contributed by atoms with Gasteiger partial charge in [0.2, 0.25) is 0 Å². The summed E-state index contributed by atoms with van der Waals surface area (Å²) in [6.07, 6.45) is 4.93. The maximum Gasteiger partial charge on any atom is 0.0773 e. The van der Waals surface area contributed by atoms with Crippen LogP contribution in [0.25, 0.3) is 0 Å². The number of rotatable bonds is 3. The monoisotopic (exact) mass is 195 g/mol. The molecule has 1 nitrogen and oxygen atoms in total. The summed E-state index contributed by atoms with van der Waals surface area (Å²) in [7, 11) is 0. The second-order valence-corrected chi connectivity index (χ2v) is 5.75. The van der Waals surface area contributed by atoms with Crippen LogP contribution in [-0.4, -0.2) is 12.2 Å². The van der Waals surface area contributed by atoms with Crippen molar-refractivity contribution in [3.63, 3.8) is 0 Å². The highest BCUT2D eigenvalue weighted by molar-refractivity contribution is 5.22. The van der Waals surface area contributed by atoms with Crippen LogP contribution in [0.15, 0.2) is 0 Å². The summed E-state index contributed by atoms with van der Waals surface area (Å²) in [5.74, 6) is 1.66. The van der Waals surface area contributed by atoms with Crippen molar-refractivity contribution < 1.29 is 4.74 Å². The molecule has 3 atom stereocenters. The number of ether oxygens (including phenoxy) is 1. The molecule has 0 amide bonds. The Labute approximate surface area is 88.2 Å². The molecule has 2 aliphatic carbocycles. The van der Waals surface area contributed by atoms with Gasteiger partial charge in [-0.3, -0.25) is 0 Å². The molecule has 0 aliphatic heterocycles. The van der Waals surface area contributed by atoms with Crippen molar-refractivity contribution in [2.45, 2.75) is 52.1 Å². The summed E-state index contributed by atoms with van der Waals surface area (Å²) in [5.41, 5.74) is 0.648. The number of fused-ring (bicyclic) bond motifs is 1. The van der Waals surface area contributed by atoms with E-state index in [-0.39, 0.29) is 5.60 Å². The lowest BCUT2D eigenvalue weighted by molar-refractivity contribution is -0.0231. The molecule has 2 rings (SSSR count). The van der Waals surface area contributed by atoms with Gasteiger partial charge in [-0.25, -0.2) is 0 Å². The van der Waals surface area contributed by atoms with Crippen molar-refractivity contribution in [2.75, 3.05) is 6.61 Å². The molecule has 2 fully saturated rings. The van der Waals surface area contributed by atoms with Gasteiger partial charge in [0, 0.05) is 6.61 Å². The van der Waals surface area contributed by atoms with Gasteiger partial charge in [-0.15, -0.1) is 0 Å². The highest BCUT2D eigenvalue weighted by atomic mass is 16.5. The highest BCUT2D eigenvalue weighted by Crippen LogP contribution is 2.70. The Bertz CT molecular complexity index is 221. The average Bonchev–Trinajstić information content (AvgIpc) is 2.60. The molecule has 1 heteroatoms. The first-order valence-electron chi connectivity index (χ1n) is 5.98. The lowest BCUT2D eigenvalue weighted by Crippen LogP contribution is -2.28. The molecule has 2 aliphatic rings. The standard InChI is InChI=1S/C13H23O/c1-5-8-14-13-9-10(2)6-7-11(13)12(13,3)4/h10-11H,1,5-9H2,2-4H3. The van der Waals surface area contributed by atoms with E-state index in [0.29, 0.717) is 5.41 Å². The lowest BCUT2D eigenvalue weighted by atomic mass is 9.88. The molecule has 0 N–H and O–H groups in total. The van der Waals surface area contributed by atoms with Crippen molar-refractivity contribution >= 4 is 0 Å². The molecule has 0 spiro atoms. The van der Waals surface area contributed by atoms with Gasteiger partial charge in [0.1, 0.15) is 0 Å². The maximum atomic E-state index is 6.12. The fourth-order valence-corrected chi connectivity index (χ4v) is 3.59. The zero-order chi connectivity index (χ0) is 10.4. The molecular weight excluding hydrogens is 172 g/mol. The van der Waals surface area contributed by atoms with E-state index < -0.39 is 0 Å². The van der Waals surface area contributed by atoms with Crippen LogP contribution in [0.4, 0.5) is 0 Å². The van der Waals surface area contributed by atoms with E-state index in [1.54, 1.807) is 0 Å². The molecule has 14 heavy (non-hydrogen) atoms. The molecule has 2 saturated carbocycles. The van der Waals surface area contributed by atoms with Crippen molar-refractivity contribution in [3.8, 4) is 0 Å². The van der Waals surface area contributed by atoms with Gasteiger partial charge < -0.3 is 4.74 Å². The minimum atomic E-state index is 0.225. The normalized spacial score (nSPS) is 44.6. The molecule has 0 bridgehead atoms. The zero-order valence-electron chi connectivity index (χ0n) is 9.81. The van der Waals surface area contributed by atoms with Gasteiger partial charge >= 0.3 is 0 Å². The first kappa shape index (κ1) is 10.5. The second-order valence-electron chi connectivity index (χ2n) is 5.75. The van der Waals surface area contributed by atoms with E-state index in [1.807, 2.05) is 0 Å². The first-order valence-corrected chi connectivity index (χ1v) is 5.98. The lowest BCUT2D eigenvalue weighted by Gasteiger charge is -2.28. The highest BCUT2D eigenvalue weighted by Gasteiger charge is 2.72. The molecule has 0 heterocycles. The Morgan fingerprint density at radius 3 is 2.71 bits per heavy atom. The second kappa shape index (κ2) is 3.23. The van der Waals surface area contributed by atoms with Crippen LogP contribution in [-0.2, 0) is 4.74 Å². The zero-order valence-corrected chi connectivity index (χ0v) is 9.81. The average molecular weight is 195 g/mol. The largest absolute Gasteiger partial charge is 0.374 e. The van der Waals surface area contributed by atoms with E-state index in [2.05, 4.69) is 27.7 Å². The Morgan fingerprint density at radius 2 is 2.07 bits per heavy atom. The van der Waals surface area contributed by atoms with Crippen LogP contribution in [0.5, 0.6) is 0 Å². The van der Waals surface area contributed by atoms with Crippen LogP contribution < -0.4 is 0 Å². The summed E-state index contributed by atoms with van der Waals surface area (Å²) in [6.45, 7) is 11.8. The summed E-state index contributed by atoms with van der Waals surface area (Å²) in [5, 5.41) is 0. The van der Waals surface area contributed by atoms with E-state index in [0.717, 1.165) is 24.9 Å². The van der Waals surface area contributed by atoms with Crippen LogP contribution in [0, 0.1) is 24.2 Å². The number of hydrogen-bond acceptors (Lipinski definition) is 1. The Balaban J connectivity index is 2.07. The third-order valence-corrected chi connectivity index (χ3v) is 4.55. The third kappa shape index (κ3) is 1.25. The summed E-state index contributed by atoms with van der Waals surface area (Å²) in [4.78, 5) is 0. The van der Waals surface area contributed by atoms with Gasteiger partial charge in [-0.2, -0.15) is 0 Å². The molecule has 0 aromatic heterocycles. The summed E-state index contributed by atoms with van der Waals surface area (Å²) < 4.78 is 6.12. The van der Waals surface area contributed by atoms with Gasteiger partial charge in [0.25, 0.3) is 0 Å². The minimum Gasteiger partial charge on any atom is -0.374 e. The van der Waals surface area contributed by atoms with Crippen LogP contribution in [0.1, 0.15) is 46.5 Å². The Kier molecular flexibility index (Phi) is 2.42. The fourth-order valence-electron chi connectivity index (χ4n) is 3.59. The first-order chi connectivity index (χ1) is 6.54. The number of hydrogen-bond donors (Lipinski definition) is 0. The summed E-state index contributed by atoms with van der Waals surface area (Å²) in [6, 6.07) is 0. The SMILES string of the molecule is [CH2]CCOC12CC(C)CCC1C2(C)C. The van der Waals surface area contributed by atoms with Crippen molar-refractivity contribution in [1.82, 2.24) is 0 Å². The van der Waals surface area contributed by atoms with Crippen LogP contribution in [0.3, 0.4) is 0 Å². The maximum absolute atomic E-state index is 6.12. The molecule has 0 aromatic carbocycles.